The van der Waals surface area contributed by atoms with Gasteiger partial charge in [0.15, 0.2) is 6.29 Å². The van der Waals surface area contributed by atoms with Gasteiger partial charge in [0.2, 0.25) is 10.0 Å². The maximum atomic E-state index is 14.2. The molecular weight excluding hydrogens is 624 g/mol. The van der Waals surface area contributed by atoms with Crippen molar-refractivity contribution in [1.29, 1.82) is 0 Å². The fraction of sp³-hybridized carbons (Fsp3) is 0.412. The van der Waals surface area contributed by atoms with Gasteiger partial charge in [0.25, 0.3) is 5.91 Å². The number of aromatic amines is 1. The van der Waals surface area contributed by atoms with Crippen LogP contribution in [0.3, 0.4) is 0 Å². The Hall–Kier alpha value is -4.01. The van der Waals surface area contributed by atoms with Crippen LogP contribution in [0.15, 0.2) is 71.8 Å². The van der Waals surface area contributed by atoms with Crippen molar-refractivity contribution < 1.29 is 37.3 Å². The first-order valence-electron chi connectivity index (χ1n) is 15.8. The highest BCUT2D eigenvalue weighted by Gasteiger charge is 2.44. The first-order chi connectivity index (χ1) is 22.6. The van der Waals surface area contributed by atoms with Crippen LogP contribution in [0.4, 0.5) is 10.5 Å². The molecule has 0 bridgehead atoms. The zero-order chi connectivity index (χ0) is 33.1. The van der Waals surface area contributed by atoms with Crippen molar-refractivity contribution in [2.24, 2.45) is 11.8 Å². The van der Waals surface area contributed by atoms with E-state index in [0.717, 1.165) is 12.0 Å². The molecule has 1 aromatic heterocycles. The number of amides is 2. The number of rotatable bonds is 12. The average Bonchev–Trinajstić information content (AvgIpc) is 3.84. The van der Waals surface area contributed by atoms with Crippen molar-refractivity contribution in [3.05, 3.63) is 83.7 Å². The molecule has 2 aromatic carbocycles. The number of hydrogen-bond acceptors (Lipinski definition) is 8. The third-order valence-corrected chi connectivity index (χ3v) is 10.4. The summed E-state index contributed by atoms with van der Waals surface area (Å²) in [5, 5.41) is 17.2. The lowest BCUT2D eigenvalue weighted by Gasteiger charge is -2.31. The second kappa shape index (κ2) is 14.0. The van der Waals surface area contributed by atoms with Crippen LogP contribution < -0.4 is 10.6 Å². The molecule has 3 aromatic rings. The van der Waals surface area contributed by atoms with E-state index >= 15 is 0 Å². The van der Waals surface area contributed by atoms with Crippen molar-refractivity contribution in [3.8, 4) is 0 Å². The standard InChI is InChI=1S/C34H40N4O8S/c1-21(2)18-38(47(42,43)24-10-11-28-26(17-24)27(32(40)36-28)16-23-9-6-13-35-23)19-30(39)29(15-22-7-4-3-5-8-22)37-34(41)46-31-20-45-33-25(31)12-14-44-33/h3-11,13,16-17,21,25,29-31,33,35,39H,12,14-15,18-20H2,1-2H3,(H,36,40)(H,37,41). The van der Waals surface area contributed by atoms with Crippen molar-refractivity contribution >= 4 is 39.4 Å². The summed E-state index contributed by atoms with van der Waals surface area (Å²) in [6.07, 6.45) is 1.48. The molecule has 0 saturated carbocycles. The first kappa shape index (κ1) is 32.9. The molecule has 3 aliphatic heterocycles. The Kier molecular flexibility index (Phi) is 9.80. The van der Waals surface area contributed by atoms with Crippen LogP contribution >= 0.6 is 0 Å². The van der Waals surface area contributed by atoms with E-state index in [1.807, 2.05) is 50.2 Å². The summed E-state index contributed by atoms with van der Waals surface area (Å²) >= 11 is 0. The monoisotopic (exact) mass is 664 g/mol. The summed E-state index contributed by atoms with van der Waals surface area (Å²) in [6.45, 7) is 4.36. The summed E-state index contributed by atoms with van der Waals surface area (Å²) in [6, 6.07) is 16.6. The summed E-state index contributed by atoms with van der Waals surface area (Å²) in [7, 11) is -4.15. The Balaban J connectivity index is 1.23. The third kappa shape index (κ3) is 7.44. The van der Waals surface area contributed by atoms with Gasteiger partial charge in [-0.05, 0) is 60.7 Å². The smallest absolute Gasteiger partial charge is 0.407 e. The van der Waals surface area contributed by atoms with Crippen molar-refractivity contribution in [3.63, 3.8) is 0 Å². The van der Waals surface area contributed by atoms with Crippen LogP contribution in [0.2, 0.25) is 0 Å². The minimum absolute atomic E-state index is 0.0143. The van der Waals surface area contributed by atoms with Gasteiger partial charge >= 0.3 is 6.09 Å². The maximum absolute atomic E-state index is 14.2. The van der Waals surface area contributed by atoms with Crippen molar-refractivity contribution in [1.82, 2.24) is 14.6 Å². The van der Waals surface area contributed by atoms with Crippen LogP contribution in [0.5, 0.6) is 0 Å². The molecule has 5 atom stereocenters. The molecule has 4 N–H and O–H groups in total. The van der Waals surface area contributed by atoms with E-state index in [0.29, 0.717) is 29.1 Å². The fourth-order valence-electron chi connectivity index (χ4n) is 6.25. The van der Waals surface area contributed by atoms with Gasteiger partial charge in [0.05, 0.1) is 41.7 Å². The number of ether oxygens (including phenoxy) is 3. The molecule has 3 aliphatic rings. The van der Waals surface area contributed by atoms with Gasteiger partial charge < -0.3 is 34.9 Å². The van der Waals surface area contributed by atoms with Crippen LogP contribution in [-0.4, -0.2) is 85.7 Å². The van der Waals surface area contributed by atoms with Gasteiger partial charge in [-0.3, -0.25) is 4.79 Å². The van der Waals surface area contributed by atoms with Crippen LogP contribution in [0, 0.1) is 11.8 Å². The topological polar surface area (TPSA) is 159 Å². The van der Waals surface area contributed by atoms with Crippen molar-refractivity contribution in [2.45, 2.75) is 56.1 Å². The van der Waals surface area contributed by atoms with E-state index < -0.39 is 34.4 Å². The highest BCUT2D eigenvalue weighted by Crippen LogP contribution is 2.36. The Bertz CT molecular complexity index is 1710. The summed E-state index contributed by atoms with van der Waals surface area (Å²) < 4.78 is 46.5. The normalized spacial score (nSPS) is 22.7. The number of carbonyl (C=O) groups is 2. The molecule has 4 heterocycles. The quantitative estimate of drug-likeness (QED) is 0.214. The number of sulfonamides is 1. The van der Waals surface area contributed by atoms with E-state index in [1.165, 1.54) is 16.4 Å². The zero-order valence-corrected chi connectivity index (χ0v) is 27.1. The van der Waals surface area contributed by atoms with Gasteiger partial charge in [-0.2, -0.15) is 4.31 Å². The SMILES string of the molecule is CC(C)CN(CC(O)C(Cc1ccccc1)NC(=O)OC1COC2OCCC12)S(=O)(=O)c1ccc2c(c1)C(=Cc1ccc[nH]1)C(=O)N2. The lowest BCUT2D eigenvalue weighted by Crippen LogP contribution is -2.51. The van der Waals surface area contributed by atoms with Gasteiger partial charge in [0, 0.05) is 36.2 Å². The predicted molar refractivity (Wildman–Crippen MR) is 174 cm³/mol. The van der Waals surface area contributed by atoms with Crippen LogP contribution in [0.25, 0.3) is 11.6 Å². The highest BCUT2D eigenvalue weighted by atomic mass is 32.2. The molecule has 2 amide bonds. The lowest BCUT2D eigenvalue weighted by atomic mass is 10.0. The number of aromatic nitrogens is 1. The summed E-state index contributed by atoms with van der Waals surface area (Å²) in [5.41, 5.74) is 2.86. The molecule has 12 nitrogen and oxygen atoms in total. The molecule has 0 radical (unpaired) electrons. The van der Waals surface area contributed by atoms with E-state index in [-0.39, 0.29) is 55.0 Å². The molecule has 6 rings (SSSR count). The van der Waals surface area contributed by atoms with E-state index in [1.54, 1.807) is 24.4 Å². The third-order valence-electron chi connectivity index (χ3n) is 8.60. The minimum atomic E-state index is -4.15. The Morgan fingerprint density at radius 1 is 1.13 bits per heavy atom. The molecule has 0 aliphatic carbocycles. The van der Waals surface area contributed by atoms with Gasteiger partial charge in [-0.25, -0.2) is 13.2 Å². The molecule has 13 heteroatoms. The minimum Gasteiger partial charge on any atom is -0.443 e. The number of carbonyl (C=O) groups excluding carboxylic acids is 2. The second-order valence-corrected chi connectivity index (χ2v) is 14.5. The van der Waals surface area contributed by atoms with Crippen molar-refractivity contribution in [2.75, 3.05) is 31.6 Å². The second-order valence-electron chi connectivity index (χ2n) is 12.5. The number of nitrogens with one attached hydrogen (secondary N) is 3. The number of aliphatic hydroxyl groups is 1. The fourth-order valence-corrected chi connectivity index (χ4v) is 7.89. The number of fused-ring (bicyclic) bond motifs is 2. The molecule has 2 saturated heterocycles. The number of alkyl carbamates (subject to hydrolysis) is 1. The summed E-state index contributed by atoms with van der Waals surface area (Å²) in [5.74, 6) is -0.464. The van der Waals surface area contributed by atoms with E-state index in [2.05, 4.69) is 15.6 Å². The number of hydrogen-bond donors (Lipinski definition) is 4. The van der Waals surface area contributed by atoms with Gasteiger partial charge in [-0.15, -0.1) is 0 Å². The largest absolute Gasteiger partial charge is 0.443 e. The van der Waals surface area contributed by atoms with Crippen LogP contribution in [0.1, 0.15) is 37.1 Å². The summed E-state index contributed by atoms with van der Waals surface area (Å²) in [4.78, 5) is 28.9. The van der Waals surface area contributed by atoms with Crippen LogP contribution in [-0.2, 0) is 35.4 Å². The number of aliphatic hydroxyl groups excluding tert-OH is 1. The van der Waals surface area contributed by atoms with Gasteiger partial charge in [0.1, 0.15) is 6.10 Å². The molecule has 2 fully saturated rings. The number of H-pyrrole nitrogens is 1. The highest BCUT2D eigenvalue weighted by molar-refractivity contribution is 7.89. The first-order valence-corrected chi connectivity index (χ1v) is 17.3. The lowest BCUT2D eigenvalue weighted by molar-refractivity contribution is -0.110. The molecular formula is C34H40N4O8S. The average molecular weight is 665 g/mol. The van der Waals surface area contributed by atoms with E-state index in [9.17, 15) is 23.1 Å². The Morgan fingerprint density at radius 2 is 1.94 bits per heavy atom. The van der Waals surface area contributed by atoms with E-state index in [4.69, 9.17) is 14.2 Å². The predicted octanol–water partition coefficient (Wildman–Crippen LogP) is 3.61. The Morgan fingerprint density at radius 3 is 2.68 bits per heavy atom. The number of nitrogens with zero attached hydrogens (tertiary/aromatic N) is 1. The molecule has 5 unspecified atom stereocenters. The van der Waals surface area contributed by atoms with Gasteiger partial charge in [-0.1, -0.05) is 44.2 Å². The molecule has 250 valence electrons. The Labute approximate surface area is 274 Å². The molecule has 47 heavy (non-hydrogen) atoms. The number of anilines is 1. The molecule has 0 spiro atoms. The maximum Gasteiger partial charge on any atom is 0.407 e. The number of benzene rings is 2. The zero-order valence-electron chi connectivity index (χ0n) is 26.3.